The van der Waals surface area contributed by atoms with Gasteiger partial charge in [-0.1, -0.05) is 6.58 Å². The van der Waals surface area contributed by atoms with Crippen LogP contribution in [0.15, 0.2) is 12.2 Å². The second-order valence-corrected chi connectivity index (χ2v) is 2.34. The van der Waals surface area contributed by atoms with Gasteiger partial charge in [-0.3, -0.25) is 4.79 Å². The third-order valence-electron chi connectivity index (χ3n) is 1.09. The molecule has 0 amide bonds. The van der Waals surface area contributed by atoms with Gasteiger partial charge in [-0.25, -0.2) is 4.79 Å². The van der Waals surface area contributed by atoms with E-state index in [2.05, 4.69) is 16.1 Å². The van der Waals surface area contributed by atoms with E-state index < -0.39 is 11.9 Å². The summed E-state index contributed by atoms with van der Waals surface area (Å²) in [6.07, 6.45) is 0. The molecule has 0 saturated heterocycles. The molecule has 0 aromatic carbocycles. The van der Waals surface area contributed by atoms with Crippen molar-refractivity contribution in [2.75, 3.05) is 19.8 Å². The van der Waals surface area contributed by atoms with E-state index in [1.54, 1.807) is 0 Å². The zero-order valence-corrected chi connectivity index (χ0v) is 7.54. The van der Waals surface area contributed by atoms with Gasteiger partial charge in [-0.05, 0) is 6.92 Å². The summed E-state index contributed by atoms with van der Waals surface area (Å²) in [5.41, 5.74) is 5.28. The number of ether oxygens (including phenoxy) is 2. The molecular weight excluding hydrogens is 174 g/mol. The molecule has 0 atom stereocenters. The summed E-state index contributed by atoms with van der Waals surface area (Å²) in [6, 6.07) is 0. The minimum atomic E-state index is -0.522. The van der Waals surface area contributed by atoms with Crippen molar-refractivity contribution in [2.24, 2.45) is 5.73 Å². The summed E-state index contributed by atoms with van der Waals surface area (Å²) < 4.78 is 9.19. The lowest BCUT2D eigenvalue weighted by Gasteiger charge is -2.04. The van der Waals surface area contributed by atoms with E-state index in [9.17, 15) is 9.59 Å². The highest BCUT2D eigenvalue weighted by Gasteiger charge is 2.03. The molecule has 0 fully saturated rings. The summed E-state index contributed by atoms with van der Waals surface area (Å²) in [7, 11) is 0. The van der Waals surface area contributed by atoms with Crippen LogP contribution in [0.1, 0.15) is 6.92 Å². The standard InChI is InChI=1S/C8H13NO4/c1-6(2)8(11)13-4-3-12-7(10)5-9/h1,3-5,9H2,2H3. The number of esters is 2. The first-order chi connectivity index (χ1) is 6.07. The highest BCUT2D eigenvalue weighted by atomic mass is 16.6. The summed E-state index contributed by atoms with van der Waals surface area (Å²) in [4.78, 5) is 21.3. The van der Waals surface area contributed by atoms with E-state index >= 15 is 0 Å². The summed E-state index contributed by atoms with van der Waals surface area (Å²) >= 11 is 0. The van der Waals surface area contributed by atoms with Gasteiger partial charge in [0.25, 0.3) is 0 Å². The number of nitrogens with two attached hydrogens (primary N) is 1. The molecular formula is C8H13NO4. The smallest absolute Gasteiger partial charge is 0.333 e. The first-order valence-electron chi connectivity index (χ1n) is 3.76. The third kappa shape index (κ3) is 5.86. The predicted molar refractivity (Wildman–Crippen MR) is 45.8 cm³/mol. The molecule has 0 aromatic rings. The lowest BCUT2D eigenvalue weighted by atomic mass is 10.4. The van der Waals surface area contributed by atoms with Gasteiger partial charge in [0.1, 0.15) is 13.2 Å². The fraction of sp³-hybridized carbons (Fsp3) is 0.500. The first kappa shape index (κ1) is 11.6. The van der Waals surface area contributed by atoms with E-state index in [4.69, 9.17) is 5.73 Å². The lowest BCUT2D eigenvalue weighted by molar-refractivity contribution is -0.148. The molecule has 13 heavy (non-hydrogen) atoms. The highest BCUT2D eigenvalue weighted by Crippen LogP contribution is 1.91. The molecule has 0 heterocycles. The van der Waals surface area contributed by atoms with Crippen molar-refractivity contribution in [1.82, 2.24) is 0 Å². The van der Waals surface area contributed by atoms with Gasteiger partial charge in [0.2, 0.25) is 0 Å². The number of rotatable bonds is 5. The second-order valence-electron chi connectivity index (χ2n) is 2.34. The maximum Gasteiger partial charge on any atom is 0.333 e. The predicted octanol–water partition coefficient (Wildman–Crippen LogP) is -0.392. The Morgan fingerprint density at radius 3 is 2.31 bits per heavy atom. The fourth-order valence-corrected chi connectivity index (χ4v) is 0.472. The number of carbonyl (C=O) groups is 2. The van der Waals surface area contributed by atoms with Crippen molar-refractivity contribution < 1.29 is 19.1 Å². The molecule has 0 radical (unpaired) electrons. The molecule has 0 unspecified atom stereocenters. The average molecular weight is 187 g/mol. The van der Waals surface area contributed by atoms with Crippen LogP contribution in [0.2, 0.25) is 0 Å². The van der Waals surface area contributed by atoms with Gasteiger partial charge in [0, 0.05) is 5.57 Å². The molecule has 0 aliphatic heterocycles. The SMILES string of the molecule is C=C(C)C(=O)OCCOC(=O)CN. The Hall–Kier alpha value is -1.36. The monoisotopic (exact) mass is 187 g/mol. The topological polar surface area (TPSA) is 78.6 Å². The molecule has 74 valence electrons. The van der Waals surface area contributed by atoms with Gasteiger partial charge in [-0.15, -0.1) is 0 Å². The number of hydrogen-bond acceptors (Lipinski definition) is 5. The van der Waals surface area contributed by atoms with Gasteiger partial charge < -0.3 is 15.2 Å². The van der Waals surface area contributed by atoms with E-state index in [0.717, 1.165) is 0 Å². The third-order valence-corrected chi connectivity index (χ3v) is 1.09. The molecule has 0 spiro atoms. The van der Waals surface area contributed by atoms with Gasteiger partial charge in [0.05, 0.1) is 6.54 Å². The van der Waals surface area contributed by atoms with Crippen molar-refractivity contribution in [1.29, 1.82) is 0 Å². The normalized spacial score (nSPS) is 9.08. The van der Waals surface area contributed by atoms with Crippen molar-refractivity contribution >= 4 is 11.9 Å². The summed E-state index contributed by atoms with van der Waals surface area (Å²) in [5.74, 6) is -1.02. The number of carbonyl (C=O) groups excluding carboxylic acids is 2. The molecule has 0 aromatic heterocycles. The van der Waals surface area contributed by atoms with Crippen molar-refractivity contribution in [3.8, 4) is 0 Å². The Morgan fingerprint density at radius 2 is 1.85 bits per heavy atom. The van der Waals surface area contributed by atoms with Crippen LogP contribution in [-0.2, 0) is 19.1 Å². The van der Waals surface area contributed by atoms with Crippen LogP contribution in [0, 0.1) is 0 Å². The minimum Gasteiger partial charge on any atom is -0.461 e. The van der Waals surface area contributed by atoms with Crippen LogP contribution >= 0.6 is 0 Å². The largest absolute Gasteiger partial charge is 0.461 e. The van der Waals surface area contributed by atoms with E-state index in [0.29, 0.717) is 5.57 Å². The van der Waals surface area contributed by atoms with Crippen LogP contribution in [0.3, 0.4) is 0 Å². The Labute approximate surface area is 76.5 Å². The number of hydrogen-bond donors (Lipinski definition) is 1. The Balaban J connectivity index is 3.41. The van der Waals surface area contributed by atoms with Crippen molar-refractivity contribution in [2.45, 2.75) is 6.92 Å². The zero-order valence-electron chi connectivity index (χ0n) is 7.54. The molecule has 0 rings (SSSR count). The van der Waals surface area contributed by atoms with Gasteiger partial charge >= 0.3 is 11.9 Å². The minimum absolute atomic E-state index is 0.0229. The average Bonchev–Trinajstić information content (AvgIpc) is 2.11. The molecule has 0 aliphatic carbocycles. The fourth-order valence-electron chi connectivity index (χ4n) is 0.472. The zero-order chi connectivity index (χ0) is 10.3. The van der Waals surface area contributed by atoms with Gasteiger partial charge in [0.15, 0.2) is 0 Å². The second kappa shape index (κ2) is 6.19. The van der Waals surface area contributed by atoms with Crippen LogP contribution in [0.4, 0.5) is 0 Å². The Kier molecular flexibility index (Phi) is 5.54. The van der Waals surface area contributed by atoms with E-state index in [-0.39, 0.29) is 19.8 Å². The molecule has 0 aliphatic rings. The van der Waals surface area contributed by atoms with Gasteiger partial charge in [-0.2, -0.15) is 0 Å². The summed E-state index contributed by atoms with van der Waals surface area (Å²) in [6.45, 7) is 4.79. The van der Waals surface area contributed by atoms with Crippen LogP contribution < -0.4 is 5.73 Å². The quantitative estimate of drug-likeness (QED) is 0.360. The summed E-state index contributed by atoms with van der Waals surface area (Å²) in [5, 5.41) is 0. The molecule has 0 saturated carbocycles. The molecule has 0 bridgehead atoms. The molecule has 5 nitrogen and oxygen atoms in total. The Morgan fingerprint density at radius 1 is 1.31 bits per heavy atom. The van der Waals surface area contributed by atoms with E-state index in [1.165, 1.54) is 6.92 Å². The Bertz CT molecular complexity index is 212. The van der Waals surface area contributed by atoms with E-state index in [1.807, 2.05) is 0 Å². The highest BCUT2D eigenvalue weighted by molar-refractivity contribution is 5.86. The van der Waals surface area contributed by atoms with Crippen molar-refractivity contribution in [3.63, 3.8) is 0 Å². The van der Waals surface area contributed by atoms with Crippen LogP contribution in [0.5, 0.6) is 0 Å². The van der Waals surface area contributed by atoms with Crippen LogP contribution in [-0.4, -0.2) is 31.7 Å². The lowest BCUT2D eigenvalue weighted by Crippen LogP contribution is -2.20. The van der Waals surface area contributed by atoms with Crippen molar-refractivity contribution in [3.05, 3.63) is 12.2 Å². The maximum absolute atomic E-state index is 10.8. The maximum atomic E-state index is 10.8. The molecule has 5 heteroatoms. The van der Waals surface area contributed by atoms with Crippen LogP contribution in [0.25, 0.3) is 0 Å². The first-order valence-corrected chi connectivity index (χ1v) is 3.76. The molecule has 2 N–H and O–H groups in total.